The van der Waals surface area contributed by atoms with Gasteiger partial charge in [-0.3, -0.25) is 19.8 Å². The van der Waals surface area contributed by atoms with E-state index in [1.807, 2.05) is 0 Å². The lowest BCUT2D eigenvalue weighted by atomic mass is 10.3. The van der Waals surface area contributed by atoms with Crippen LogP contribution in [0.2, 0.25) is 5.02 Å². The summed E-state index contributed by atoms with van der Waals surface area (Å²) in [7, 11) is 0. The number of primary amides is 1. The maximum absolute atomic E-state index is 11.5. The molecule has 0 fully saturated rings. The van der Waals surface area contributed by atoms with Gasteiger partial charge in [0.2, 0.25) is 17.7 Å². The number of amides is 2. The summed E-state index contributed by atoms with van der Waals surface area (Å²) < 4.78 is 0. The van der Waals surface area contributed by atoms with E-state index in [4.69, 9.17) is 17.3 Å². The highest BCUT2D eigenvalue weighted by molar-refractivity contribution is 6.30. The van der Waals surface area contributed by atoms with Gasteiger partial charge in [0.1, 0.15) is 6.20 Å². The third kappa shape index (κ3) is 4.77. The number of anilines is 3. The second-order valence-corrected chi connectivity index (χ2v) is 5.38. The van der Waals surface area contributed by atoms with Crippen molar-refractivity contribution in [3.05, 3.63) is 45.6 Å². The van der Waals surface area contributed by atoms with Gasteiger partial charge in [-0.25, -0.2) is 9.78 Å². The number of carbonyl (C=O) groups excluding carboxylic acids is 1. The Balaban J connectivity index is 2.40. The van der Waals surface area contributed by atoms with Crippen molar-refractivity contribution in [1.29, 1.82) is 0 Å². The van der Waals surface area contributed by atoms with E-state index < -0.39 is 28.4 Å². The molecule has 12 heteroatoms. The van der Waals surface area contributed by atoms with Crippen molar-refractivity contribution in [2.75, 3.05) is 16.8 Å². The minimum absolute atomic E-state index is 0.0711. The first-order valence-electron chi connectivity index (χ1n) is 7.10. The summed E-state index contributed by atoms with van der Waals surface area (Å²) in [6, 6.07) is 6.45. The predicted octanol–water partition coefficient (Wildman–Crippen LogP) is 2.14. The van der Waals surface area contributed by atoms with E-state index >= 15 is 0 Å². The van der Waals surface area contributed by atoms with E-state index in [0.717, 1.165) is 6.20 Å². The molecular formula is C14H13ClN6O5. The highest BCUT2D eigenvalue weighted by Gasteiger charge is 2.27. The van der Waals surface area contributed by atoms with Gasteiger partial charge < -0.3 is 16.2 Å². The second kappa shape index (κ2) is 8.07. The van der Waals surface area contributed by atoms with Crippen molar-refractivity contribution < 1.29 is 19.6 Å². The molecule has 1 aromatic carbocycles. The number of nitrogens with two attached hydrogens (primary N) is 1. The van der Waals surface area contributed by atoms with Crippen LogP contribution in [0, 0.1) is 10.1 Å². The number of rotatable bonds is 7. The van der Waals surface area contributed by atoms with Gasteiger partial charge in [-0.15, -0.1) is 0 Å². The fourth-order valence-electron chi connectivity index (χ4n) is 1.93. The summed E-state index contributed by atoms with van der Waals surface area (Å²) in [4.78, 5) is 41.0. The number of hydrogen-bond acceptors (Lipinski definition) is 7. The van der Waals surface area contributed by atoms with Crippen LogP contribution in [0.15, 0.2) is 30.5 Å². The highest BCUT2D eigenvalue weighted by atomic mass is 35.5. The fourth-order valence-corrected chi connectivity index (χ4v) is 2.06. The molecule has 0 aliphatic rings. The largest absolute Gasteiger partial charge is 0.465 e. The number of nitrogens with one attached hydrogen (secondary N) is 1. The lowest BCUT2D eigenvalue weighted by Gasteiger charge is -2.17. The number of benzene rings is 1. The van der Waals surface area contributed by atoms with Gasteiger partial charge in [-0.2, -0.15) is 4.98 Å². The maximum Gasteiger partial charge on any atom is 0.413 e. The Hall–Kier alpha value is -3.47. The lowest BCUT2D eigenvalue weighted by Crippen LogP contribution is -2.34. The summed E-state index contributed by atoms with van der Waals surface area (Å²) in [6.07, 6.45) is -0.973. The zero-order valence-electron chi connectivity index (χ0n) is 13.1. The second-order valence-electron chi connectivity index (χ2n) is 4.94. The average molecular weight is 381 g/mol. The van der Waals surface area contributed by atoms with Crippen LogP contribution in [0.5, 0.6) is 0 Å². The zero-order chi connectivity index (χ0) is 19.3. The molecule has 0 saturated carbocycles. The monoisotopic (exact) mass is 380 g/mol. The Morgan fingerprint density at radius 3 is 2.54 bits per heavy atom. The Bertz CT molecular complexity index is 844. The third-order valence-corrected chi connectivity index (χ3v) is 3.37. The molecule has 1 aromatic heterocycles. The van der Waals surface area contributed by atoms with Gasteiger partial charge in [0.15, 0.2) is 0 Å². The molecule has 26 heavy (non-hydrogen) atoms. The van der Waals surface area contributed by atoms with Crippen molar-refractivity contribution in [3.63, 3.8) is 0 Å². The van der Waals surface area contributed by atoms with Crippen LogP contribution in [0.4, 0.5) is 27.9 Å². The Kier molecular flexibility index (Phi) is 5.86. The number of nitro groups is 1. The first-order chi connectivity index (χ1) is 12.3. The van der Waals surface area contributed by atoms with E-state index in [1.165, 1.54) is 0 Å². The Morgan fingerprint density at radius 2 is 2.00 bits per heavy atom. The summed E-state index contributed by atoms with van der Waals surface area (Å²) in [6.45, 7) is -0.386. The van der Waals surface area contributed by atoms with Crippen LogP contribution in [0.25, 0.3) is 0 Å². The van der Waals surface area contributed by atoms with E-state index in [1.54, 1.807) is 24.3 Å². The number of aromatic nitrogens is 2. The molecule has 0 radical (unpaired) electrons. The van der Waals surface area contributed by atoms with E-state index in [2.05, 4.69) is 15.3 Å². The molecule has 2 rings (SSSR count). The summed E-state index contributed by atoms with van der Waals surface area (Å²) in [5.74, 6) is -1.30. The highest BCUT2D eigenvalue weighted by Crippen LogP contribution is 2.27. The lowest BCUT2D eigenvalue weighted by molar-refractivity contribution is -0.384. The minimum atomic E-state index is -1.52. The Labute approximate surface area is 151 Å². The predicted molar refractivity (Wildman–Crippen MR) is 92.6 cm³/mol. The maximum atomic E-state index is 11.5. The molecule has 0 atom stereocenters. The van der Waals surface area contributed by atoms with E-state index in [-0.39, 0.29) is 18.9 Å². The van der Waals surface area contributed by atoms with Gasteiger partial charge in [0.05, 0.1) is 4.92 Å². The normalized spacial score (nSPS) is 10.2. The topological polar surface area (TPSA) is 165 Å². The number of nitrogens with zero attached hydrogens (tertiary/aromatic N) is 4. The number of halogens is 1. The van der Waals surface area contributed by atoms with Gasteiger partial charge in [-0.05, 0) is 24.3 Å². The smallest absolute Gasteiger partial charge is 0.413 e. The van der Waals surface area contributed by atoms with E-state index in [9.17, 15) is 24.8 Å². The summed E-state index contributed by atoms with van der Waals surface area (Å²) in [5, 5.41) is 23.8. The molecule has 2 amide bonds. The molecule has 0 saturated heterocycles. The number of carboxylic acid groups (broad SMARTS) is 1. The van der Waals surface area contributed by atoms with Crippen molar-refractivity contribution in [3.8, 4) is 0 Å². The molecular weight excluding hydrogens is 368 g/mol. The van der Waals surface area contributed by atoms with Crippen molar-refractivity contribution in [1.82, 2.24) is 9.97 Å². The zero-order valence-corrected chi connectivity index (χ0v) is 13.9. The number of carbonyl (C=O) groups is 2. The first kappa shape index (κ1) is 18.9. The molecule has 11 nitrogen and oxygen atoms in total. The molecule has 136 valence electrons. The van der Waals surface area contributed by atoms with Gasteiger partial charge in [0, 0.05) is 23.7 Å². The minimum Gasteiger partial charge on any atom is -0.465 e. The van der Waals surface area contributed by atoms with Crippen LogP contribution >= 0.6 is 11.6 Å². The third-order valence-electron chi connectivity index (χ3n) is 3.12. The quantitative estimate of drug-likeness (QED) is 0.485. The summed E-state index contributed by atoms with van der Waals surface area (Å²) in [5.41, 5.74) is 4.92. The molecule has 0 aliphatic heterocycles. The Morgan fingerprint density at radius 1 is 1.35 bits per heavy atom. The summed E-state index contributed by atoms with van der Waals surface area (Å²) >= 11 is 5.79. The van der Waals surface area contributed by atoms with Gasteiger partial charge >= 0.3 is 11.8 Å². The van der Waals surface area contributed by atoms with Crippen molar-refractivity contribution in [2.45, 2.75) is 6.42 Å². The molecule has 0 aliphatic carbocycles. The van der Waals surface area contributed by atoms with Gasteiger partial charge in [-0.1, -0.05) is 11.6 Å². The van der Waals surface area contributed by atoms with Crippen LogP contribution in [0.1, 0.15) is 6.42 Å². The van der Waals surface area contributed by atoms with Gasteiger partial charge in [0.25, 0.3) is 0 Å². The SMILES string of the molecule is NC(=O)CCN(C(=O)O)c1nc(Nc2ccc(Cl)cc2)ncc1[N+](=O)[O-]. The molecule has 1 heterocycles. The van der Waals surface area contributed by atoms with E-state index in [0.29, 0.717) is 15.6 Å². The van der Waals surface area contributed by atoms with Crippen molar-refractivity contribution >= 4 is 46.7 Å². The molecule has 0 unspecified atom stereocenters. The molecule has 4 N–H and O–H groups in total. The average Bonchev–Trinajstić information content (AvgIpc) is 2.56. The fraction of sp³-hybridized carbons (Fsp3) is 0.143. The van der Waals surface area contributed by atoms with Crippen LogP contribution in [0.3, 0.4) is 0 Å². The molecule has 2 aromatic rings. The van der Waals surface area contributed by atoms with Crippen LogP contribution in [-0.2, 0) is 4.79 Å². The van der Waals surface area contributed by atoms with Crippen LogP contribution in [-0.4, -0.2) is 38.5 Å². The van der Waals surface area contributed by atoms with Crippen molar-refractivity contribution in [2.24, 2.45) is 5.73 Å². The number of hydrogen-bond donors (Lipinski definition) is 3. The molecule has 0 bridgehead atoms. The molecule has 0 spiro atoms. The van der Waals surface area contributed by atoms with Crippen LogP contribution < -0.4 is 16.0 Å². The first-order valence-corrected chi connectivity index (χ1v) is 7.48. The standard InChI is InChI=1S/C14H13ClN6O5/c15-8-1-3-9(4-2-8)18-13-17-7-10(21(25)26)12(19-13)20(14(23)24)6-5-11(16)22/h1-4,7H,5-6H2,(H2,16,22)(H,23,24)(H,17,18,19).